The zero-order valence-corrected chi connectivity index (χ0v) is 10.8. The molecule has 0 bridgehead atoms. The fraction of sp³-hybridized carbons (Fsp3) is 0.462. The molecule has 1 amide bonds. The maximum atomic E-state index is 11.5. The first kappa shape index (κ1) is 13.3. The van der Waals surface area contributed by atoms with Crippen LogP contribution in [0, 0.1) is 0 Å². The molecule has 0 spiro atoms. The van der Waals surface area contributed by atoms with Gasteiger partial charge in [-0.1, -0.05) is 6.58 Å². The van der Waals surface area contributed by atoms with E-state index in [2.05, 4.69) is 16.3 Å². The highest BCUT2D eigenvalue weighted by atomic mass is 16.5. The lowest BCUT2D eigenvalue weighted by Crippen LogP contribution is -2.37. The van der Waals surface area contributed by atoms with Gasteiger partial charge in [-0.3, -0.25) is 4.79 Å². The first-order chi connectivity index (χ1) is 9.17. The van der Waals surface area contributed by atoms with E-state index in [0.717, 1.165) is 12.8 Å². The van der Waals surface area contributed by atoms with Crippen LogP contribution in [0.25, 0.3) is 0 Å². The van der Waals surface area contributed by atoms with Crippen LogP contribution in [-0.4, -0.2) is 42.0 Å². The summed E-state index contributed by atoms with van der Waals surface area (Å²) in [7, 11) is 1.31. The Morgan fingerprint density at radius 2 is 2.21 bits per heavy atom. The molecule has 0 saturated carbocycles. The summed E-state index contributed by atoms with van der Waals surface area (Å²) in [6, 6.07) is 0. The minimum absolute atomic E-state index is 0.0655. The summed E-state index contributed by atoms with van der Waals surface area (Å²) < 4.78 is 9.98. The van der Waals surface area contributed by atoms with E-state index in [1.54, 1.807) is 4.90 Å². The quantitative estimate of drug-likeness (QED) is 0.608. The fourth-order valence-corrected chi connectivity index (χ4v) is 2.29. The molecular formula is C13H16N2O4. The predicted molar refractivity (Wildman–Crippen MR) is 66.6 cm³/mol. The smallest absolute Gasteiger partial charge is 0.360 e. The number of carbonyl (C=O) groups excluding carboxylic acids is 2. The lowest BCUT2D eigenvalue weighted by molar-refractivity contribution is -0.127. The van der Waals surface area contributed by atoms with E-state index in [1.807, 2.05) is 0 Å². The van der Waals surface area contributed by atoms with Gasteiger partial charge in [-0.2, -0.15) is 0 Å². The zero-order valence-electron chi connectivity index (χ0n) is 10.8. The number of methoxy groups -OCH3 is 1. The Bertz CT molecular complexity index is 487. The molecule has 2 heterocycles. The Morgan fingerprint density at radius 1 is 1.53 bits per heavy atom. The van der Waals surface area contributed by atoms with Crippen molar-refractivity contribution in [2.45, 2.75) is 18.8 Å². The fourth-order valence-electron chi connectivity index (χ4n) is 2.29. The van der Waals surface area contributed by atoms with Gasteiger partial charge in [-0.05, 0) is 18.9 Å². The first-order valence-corrected chi connectivity index (χ1v) is 6.10. The summed E-state index contributed by atoms with van der Waals surface area (Å²) in [5.74, 6) is 0.0839. The molecule has 6 heteroatoms. The number of piperidine rings is 1. The SMILES string of the molecule is C=CC(=O)N1CCC(c2ocnc2C(=O)OC)CC1. The number of carbonyl (C=O) groups is 2. The van der Waals surface area contributed by atoms with Gasteiger partial charge in [0.05, 0.1) is 7.11 Å². The van der Waals surface area contributed by atoms with E-state index in [1.165, 1.54) is 19.6 Å². The van der Waals surface area contributed by atoms with Crippen LogP contribution in [-0.2, 0) is 9.53 Å². The van der Waals surface area contributed by atoms with E-state index in [0.29, 0.717) is 18.8 Å². The molecule has 2 rings (SSSR count). The number of aromatic nitrogens is 1. The second-order valence-electron chi connectivity index (χ2n) is 4.36. The molecule has 0 unspecified atom stereocenters. The average Bonchev–Trinajstić information content (AvgIpc) is 2.95. The van der Waals surface area contributed by atoms with Crippen molar-refractivity contribution in [1.82, 2.24) is 9.88 Å². The largest absolute Gasteiger partial charge is 0.464 e. The number of nitrogens with zero attached hydrogens (tertiary/aromatic N) is 2. The number of hydrogen-bond acceptors (Lipinski definition) is 5. The van der Waals surface area contributed by atoms with E-state index >= 15 is 0 Å². The third kappa shape index (κ3) is 2.67. The minimum atomic E-state index is -0.492. The van der Waals surface area contributed by atoms with Crippen molar-refractivity contribution >= 4 is 11.9 Å². The Labute approximate surface area is 111 Å². The van der Waals surface area contributed by atoms with Crippen LogP contribution < -0.4 is 0 Å². The molecule has 0 aliphatic carbocycles. The van der Waals surface area contributed by atoms with Crippen LogP contribution in [0.5, 0.6) is 0 Å². The Hall–Kier alpha value is -2.11. The van der Waals surface area contributed by atoms with Gasteiger partial charge in [0.15, 0.2) is 12.1 Å². The number of amides is 1. The van der Waals surface area contributed by atoms with Crippen LogP contribution in [0.2, 0.25) is 0 Å². The van der Waals surface area contributed by atoms with E-state index in [-0.39, 0.29) is 17.5 Å². The van der Waals surface area contributed by atoms with Crippen molar-refractivity contribution in [2.24, 2.45) is 0 Å². The lowest BCUT2D eigenvalue weighted by Gasteiger charge is -2.30. The maximum absolute atomic E-state index is 11.5. The third-order valence-corrected chi connectivity index (χ3v) is 3.33. The second kappa shape index (κ2) is 5.69. The van der Waals surface area contributed by atoms with Crippen LogP contribution >= 0.6 is 0 Å². The lowest BCUT2D eigenvalue weighted by atomic mass is 9.93. The van der Waals surface area contributed by atoms with Gasteiger partial charge in [0.25, 0.3) is 0 Å². The summed E-state index contributed by atoms with van der Waals surface area (Å²) >= 11 is 0. The van der Waals surface area contributed by atoms with Gasteiger partial charge < -0.3 is 14.1 Å². The van der Waals surface area contributed by atoms with Crippen molar-refractivity contribution < 1.29 is 18.7 Å². The van der Waals surface area contributed by atoms with Gasteiger partial charge in [0.1, 0.15) is 5.76 Å². The number of hydrogen-bond donors (Lipinski definition) is 0. The molecule has 0 aromatic carbocycles. The molecule has 1 fully saturated rings. The molecule has 19 heavy (non-hydrogen) atoms. The number of rotatable bonds is 3. The van der Waals surface area contributed by atoms with Crippen molar-refractivity contribution in [2.75, 3.05) is 20.2 Å². The molecule has 1 aliphatic rings. The molecule has 1 aliphatic heterocycles. The van der Waals surface area contributed by atoms with Gasteiger partial charge in [-0.25, -0.2) is 9.78 Å². The Kier molecular flexibility index (Phi) is 3.99. The maximum Gasteiger partial charge on any atom is 0.360 e. The Morgan fingerprint density at radius 3 is 2.79 bits per heavy atom. The molecule has 0 radical (unpaired) electrons. The van der Waals surface area contributed by atoms with Crippen molar-refractivity contribution in [3.8, 4) is 0 Å². The number of esters is 1. The highest BCUT2D eigenvalue weighted by Crippen LogP contribution is 2.30. The second-order valence-corrected chi connectivity index (χ2v) is 4.36. The molecular weight excluding hydrogens is 248 g/mol. The summed E-state index contributed by atoms with van der Waals surface area (Å²) in [5, 5.41) is 0. The van der Waals surface area contributed by atoms with Crippen molar-refractivity contribution in [3.05, 3.63) is 30.5 Å². The summed E-state index contributed by atoms with van der Waals surface area (Å²) in [5.41, 5.74) is 0.232. The highest BCUT2D eigenvalue weighted by molar-refractivity contribution is 5.88. The van der Waals surface area contributed by atoms with Crippen molar-refractivity contribution in [1.29, 1.82) is 0 Å². The zero-order chi connectivity index (χ0) is 13.8. The van der Waals surface area contributed by atoms with Crippen molar-refractivity contribution in [3.63, 3.8) is 0 Å². The van der Waals surface area contributed by atoms with Gasteiger partial charge in [-0.15, -0.1) is 0 Å². The molecule has 0 atom stereocenters. The first-order valence-electron chi connectivity index (χ1n) is 6.10. The third-order valence-electron chi connectivity index (χ3n) is 3.33. The van der Waals surface area contributed by atoms with E-state index in [9.17, 15) is 9.59 Å². The van der Waals surface area contributed by atoms with Crippen LogP contribution in [0.1, 0.15) is 35.0 Å². The number of ether oxygens (including phenoxy) is 1. The van der Waals surface area contributed by atoms with Gasteiger partial charge in [0, 0.05) is 19.0 Å². The average molecular weight is 264 g/mol. The minimum Gasteiger partial charge on any atom is -0.464 e. The summed E-state index contributed by atoms with van der Waals surface area (Å²) in [6.45, 7) is 4.72. The molecule has 102 valence electrons. The molecule has 1 aromatic heterocycles. The monoisotopic (exact) mass is 264 g/mol. The highest BCUT2D eigenvalue weighted by Gasteiger charge is 2.29. The Balaban J connectivity index is 2.06. The topological polar surface area (TPSA) is 72.6 Å². The van der Waals surface area contributed by atoms with Gasteiger partial charge >= 0.3 is 5.97 Å². The molecule has 1 saturated heterocycles. The van der Waals surface area contributed by atoms with Crippen LogP contribution in [0.15, 0.2) is 23.5 Å². The number of likely N-dealkylation sites (tertiary alicyclic amines) is 1. The molecule has 0 N–H and O–H groups in total. The van der Waals surface area contributed by atoms with Crippen LogP contribution in [0.3, 0.4) is 0 Å². The summed E-state index contributed by atoms with van der Waals surface area (Å²) in [6.07, 6.45) is 4.04. The molecule has 1 aromatic rings. The van der Waals surface area contributed by atoms with Crippen LogP contribution in [0.4, 0.5) is 0 Å². The normalized spacial score (nSPS) is 16.2. The summed E-state index contributed by atoms with van der Waals surface area (Å²) in [4.78, 5) is 28.6. The van der Waals surface area contributed by atoms with E-state index < -0.39 is 5.97 Å². The predicted octanol–water partition coefficient (Wildman–Crippen LogP) is 1.35. The van der Waals surface area contributed by atoms with E-state index in [4.69, 9.17) is 4.42 Å². The standard InChI is InChI=1S/C13H16N2O4/c1-3-10(16)15-6-4-9(5-7-15)12-11(13(17)18-2)14-8-19-12/h3,8-9H,1,4-7H2,2H3. The number of oxazole rings is 1. The van der Waals surface area contributed by atoms with Gasteiger partial charge in [0.2, 0.25) is 5.91 Å². The molecule has 6 nitrogen and oxygen atoms in total.